The van der Waals surface area contributed by atoms with Gasteiger partial charge in [-0.05, 0) is 12.1 Å². The van der Waals surface area contributed by atoms with Gasteiger partial charge in [0.05, 0.1) is 19.0 Å². The van der Waals surface area contributed by atoms with E-state index >= 15 is 0 Å². The zero-order chi connectivity index (χ0) is 14.0. The van der Waals surface area contributed by atoms with E-state index < -0.39 is 0 Å². The van der Waals surface area contributed by atoms with Crippen LogP contribution in [0.3, 0.4) is 0 Å². The molecule has 0 amide bonds. The summed E-state index contributed by atoms with van der Waals surface area (Å²) in [5, 5.41) is 0. The van der Waals surface area contributed by atoms with Crippen molar-refractivity contribution in [2.45, 2.75) is 26.2 Å². The Bertz CT molecular complexity index is 624. The van der Waals surface area contributed by atoms with Gasteiger partial charge < -0.3 is 9.72 Å². The van der Waals surface area contributed by atoms with Gasteiger partial charge in [0.2, 0.25) is 0 Å². The molecule has 1 N–H and O–H groups in total. The molecule has 0 saturated carbocycles. The van der Waals surface area contributed by atoms with Crippen LogP contribution in [-0.4, -0.2) is 22.1 Å². The molecule has 0 aliphatic heterocycles. The number of nitrogens with one attached hydrogen (secondary N) is 1. The molecule has 2 rings (SSSR count). The highest BCUT2D eigenvalue weighted by Gasteiger charge is 2.17. The number of hydrogen-bond donors (Lipinski definition) is 1. The third-order valence-corrected chi connectivity index (χ3v) is 2.72. The lowest BCUT2D eigenvalue weighted by Gasteiger charge is -2.17. The van der Waals surface area contributed by atoms with Crippen LogP contribution in [0.5, 0.6) is 5.75 Å². The highest BCUT2D eigenvalue weighted by atomic mass is 16.5. The Balaban J connectivity index is 2.49. The Morgan fingerprint density at radius 2 is 2.00 bits per heavy atom. The van der Waals surface area contributed by atoms with E-state index in [9.17, 15) is 4.79 Å². The van der Waals surface area contributed by atoms with Crippen LogP contribution >= 0.6 is 0 Å². The maximum atomic E-state index is 11.7. The van der Waals surface area contributed by atoms with Crippen LogP contribution in [0.1, 0.15) is 26.5 Å². The first-order valence-electron chi connectivity index (χ1n) is 6.02. The summed E-state index contributed by atoms with van der Waals surface area (Å²) in [5.41, 5.74) is 0.996. The average Bonchev–Trinajstić information content (AvgIpc) is 2.37. The van der Waals surface area contributed by atoms with Gasteiger partial charge in [-0.15, -0.1) is 0 Å². The Kier molecular flexibility index (Phi) is 3.38. The molecule has 100 valence electrons. The van der Waals surface area contributed by atoms with Crippen molar-refractivity contribution in [2.75, 3.05) is 7.11 Å². The van der Waals surface area contributed by atoms with Gasteiger partial charge in [0.25, 0.3) is 5.56 Å². The summed E-state index contributed by atoms with van der Waals surface area (Å²) in [6.45, 7) is 6.04. The van der Waals surface area contributed by atoms with Crippen molar-refractivity contribution in [1.29, 1.82) is 0 Å². The van der Waals surface area contributed by atoms with E-state index in [0.29, 0.717) is 17.3 Å². The first-order chi connectivity index (χ1) is 8.90. The third-order valence-electron chi connectivity index (χ3n) is 2.72. The van der Waals surface area contributed by atoms with Gasteiger partial charge in [-0.3, -0.25) is 4.79 Å². The van der Waals surface area contributed by atoms with Crippen molar-refractivity contribution >= 4 is 0 Å². The minimum absolute atomic E-state index is 0.174. The quantitative estimate of drug-likeness (QED) is 0.897. The first kappa shape index (κ1) is 13.3. The van der Waals surface area contributed by atoms with E-state index in [4.69, 9.17) is 4.74 Å². The summed E-state index contributed by atoms with van der Waals surface area (Å²) in [5.74, 6) is 1.14. The van der Waals surface area contributed by atoms with Crippen LogP contribution in [-0.2, 0) is 5.41 Å². The molecule has 0 fully saturated rings. The second-order valence-electron chi connectivity index (χ2n) is 5.31. The minimum Gasteiger partial charge on any atom is -0.495 e. The Morgan fingerprint density at radius 1 is 1.26 bits per heavy atom. The molecule has 2 aromatic rings. The van der Waals surface area contributed by atoms with E-state index in [1.807, 2.05) is 20.8 Å². The number of nitrogens with zero attached hydrogens (tertiary/aromatic N) is 2. The first-order valence-corrected chi connectivity index (χ1v) is 6.02. The van der Waals surface area contributed by atoms with Gasteiger partial charge in [0, 0.05) is 11.5 Å². The fourth-order valence-electron chi connectivity index (χ4n) is 1.60. The summed E-state index contributed by atoms with van der Waals surface area (Å²) in [4.78, 5) is 23.1. The Labute approximate surface area is 111 Å². The minimum atomic E-state index is -0.185. The maximum absolute atomic E-state index is 11.7. The normalized spacial score (nSPS) is 11.4. The van der Waals surface area contributed by atoms with E-state index in [-0.39, 0.29) is 11.0 Å². The fraction of sp³-hybridized carbons (Fsp3) is 0.357. The van der Waals surface area contributed by atoms with Crippen LogP contribution in [0, 0.1) is 0 Å². The molecule has 0 saturated heterocycles. The Hall–Kier alpha value is -2.17. The maximum Gasteiger partial charge on any atom is 0.251 e. The van der Waals surface area contributed by atoms with Gasteiger partial charge in [0.1, 0.15) is 11.4 Å². The number of aromatic nitrogens is 3. The highest BCUT2D eigenvalue weighted by molar-refractivity contribution is 5.50. The monoisotopic (exact) mass is 259 g/mol. The number of hydrogen-bond acceptors (Lipinski definition) is 4. The summed E-state index contributed by atoms with van der Waals surface area (Å²) < 4.78 is 5.05. The molecule has 0 aliphatic rings. The predicted molar refractivity (Wildman–Crippen MR) is 73.3 cm³/mol. The van der Waals surface area contributed by atoms with Crippen LogP contribution in [0.25, 0.3) is 11.5 Å². The molecular formula is C14H17N3O2. The molecule has 2 aromatic heterocycles. The molecule has 2 heterocycles. The van der Waals surface area contributed by atoms with E-state index in [0.717, 1.165) is 5.69 Å². The molecule has 5 nitrogen and oxygen atoms in total. The average molecular weight is 259 g/mol. The van der Waals surface area contributed by atoms with Crippen molar-refractivity contribution in [3.63, 3.8) is 0 Å². The summed E-state index contributed by atoms with van der Waals surface area (Å²) in [6, 6.07) is 5.07. The van der Waals surface area contributed by atoms with Crippen molar-refractivity contribution in [3.05, 3.63) is 40.4 Å². The topological polar surface area (TPSA) is 67.9 Å². The van der Waals surface area contributed by atoms with E-state index in [2.05, 4.69) is 15.0 Å². The zero-order valence-corrected chi connectivity index (χ0v) is 11.5. The lowest BCUT2D eigenvalue weighted by atomic mass is 9.92. The molecular weight excluding hydrogens is 242 g/mol. The molecule has 0 spiro atoms. The van der Waals surface area contributed by atoms with Gasteiger partial charge in [-0.2, -0.15) is 0 Å². The van der Waals surface area contributed by atoms with Crippen molar-refractivity contribution < 1.29 is 4.74 Å². The molecule has 0 unspecified atom stereocenters. The molecule has 0 bridgehead atoms. The summed E-state index contributed by atoms with van der Waals surface area (Å²) in [6.07, 6.45) is 1.60. The van der Waals surface area contributed by atoms with E-state index in [1.165, 1.54) is 6.07 Å². The third kappa shape index (κ3) is 2.99. The van der Waals surface area contributed by atoms with Crippen LogP contribution in [0.15, 0.2) is 29.2 Å². The second kappa shape index (κ2) is 4.84. The lowest BCUT2D eigenvalue weighted by molar-refractivity contribution is 0.413. The molecule has 5 heteroatoms. The molecule has 0 aromatic carbocycles. The van der Waals surface area contributed by atoms with Crippen LogP contribution < -0.4 is 10.3 Å². The summed E-state index contributed by atoms with van der Waals surface area (Å²) in [7, 11) is 1.58. The molecule has 0 aliphatic carbocycles. The highest BCUT2D eigenvalue weighted by Crippen LogP contribution is 2.21. The number of rotatable bonds is 2. The van der Waals surface area contributed by atoms with Crippen molar-refractivity contribution in [3.8, 4) is 17.3 Å². The second-order valence-corrected chi connectivity index (χ2v) is 5.31. The number of methoxy groups -OCH3 is 1. The zero-order valence-electron chi connectivity index (χ0n) is 11.5. The van der Waals surface area contributed by atoms with Gasteiger partial charge >= 0.3 is 0 Å². The fourth-order valence-corrected chi connectivity index (χ4v) is 1.60. The number of ether oxygens (including phenoxy) is 1. The largest absolute Gasteiger partial charge is 0.495 e. The van der Waals surface area contributed by atoms with Gasteiger partial charge in [0.15, 0.2) is 5.82 Å². The Morgan fingerprint density at radius 3 is 2.53 bits per heavy atom. The van der Waals surface area contributed by atoms with E-state index in [1.54, 1.807) is 25.4 Å². The molecule has 0 radical (unpaired) electrons. The summed E-state index contributed by atoms with van der Waals surface area (Å²) >= 11 is 0. The standard InChI is InChI=1S/C14H17N3O2/c1-14(2,3)11-7-12(18)17-13(16-11)10-6-5-9(19-4)8-15-10/h5-8H,1-4H3,(H,16,17,18). The molecule has 19 heavy (non-hydrogen) atoms. The van der Waals surface area contributed by atoms with Crippen molar-refractivity contribution in [1.82, 2.24) is 15.0 Å². The number of aromatic amines is 1. The van der Waals surface area contributed by atoms with Crippen LogP contribution in [0.2, 0.25) is 0 Å². The SMILES string of the molecule is COc1ccc(-c2nc(C(C)(C)C)cc(=O)[nH]2)nc1. The van der Waals surface area contributed by atoms with Crippen LogP contribution in [0.4, 0.5) is 0 Å². The number of H-pyrrole nitrogens is 1. The van der Waals surface area contributed by atoms with Crippen molar-refractivity contribution in [2.24, 2.45) is 0 Å². The predicted octanol–water partition coefficient (Wildman–Crippen LogP) is 2.14. The number of pyridine rings is 1. The lowest BCUT2D eigenvalue weighted by Crippen LogP contribution is -2.20. The molecule has 0 atom stereocenters. The smallest absolute Gasteiger partial charge is 0.251 e. The van der Waals surface area contributed by atoms with Gasteiger partial charge in [-0.25, -0.2) is 9.97 Å². The van der Waals surface area contributed by atoms with Gasteiger partial charge in [-0.1, -0.05) is 20.8 Å².